The van der Waals surface area contributed by atoms with Crippen molar-refractivity contribution in [2.24, 2.45) is 0 Å². The Hall–Kier alpha value is -1.16. The van der Waals surface area contributed by atoms with E-state index in [0.29, 0.717) is 12.1 Å². The molecule has 4 nitrogen and oxygen atoms in total. The summed E-state index contributed by atoms with van der Waals surface area (Å²) in [4.78, 5) is 8.47. The molecule has 1 aliphatic carbocycles. The summed E-state index contributed by atoms with van der Waals surface area (Å²) >= 11 is 0. The average molecular weight is 235 g/mol. The number of ether oxygens (including phenoxy) is 1. The fourth-order valence-corrected chi connectivity index (χ4v) is 2.32. The zero-order valence-electron chi connectivity index (χ0n) is 10.6. The number of aryl methyl sites for hydroxylation is 1. The molecule has 0 aliphatic heterocycles. The van der Waals surface area contributed by atoms with Gasteiger partial charge in [-0.3, -0.25) is 0 Å². The molecule has 0 unspecified atom stereocenters. The second kappa shape index (κ2) is 5.96. The normalized spacial score (nSPS) is 24.6. The maximum atomic E-state index is 5.37. The Balaban J connectivity index is 1.88. The van der Waals surface area contributed by atoms with Crippen LogP contribution in [0.1, 0.15) is 38.3 Å². The van der Waals surface area contributed by atoms with Crippen LogP contribution in [0.5, 0.6) is 0 Å². The third-order valence-electron chi connectivity index (χ3n) is 3.45. The van der Waals surface area contributed by atoms with Crippen LogP contribution in [0, 0.1) is 0 Å². The Morgan fingerprint density at radius 1 is 1.29 bits per heavy atom. The molecule has 1 aromatic heterocycles. The van der Waals surface area contributed by atoms with Gasteiger partial charge in [-0.25, -0.2) is 9.97 Å². The van der Waals surface area contributed by atoms with E-state index in [0.717, 1.165) is 43.6 Å². The van der Waals surface area contributed by atoms with Gasteiger partial charge in [0.2, 0.25) is 0 Å². The Morgan fingerprint density at radius 2 is 2.06 bits per heavy atom. The van der Waals surface area contributed by atoms with E-state index in [4.69, 9.17) is 4.74 Å². The Morgan fingerprint density at radius 3 is 2.71 bits per heavy atom. The molecule has 4 heteroatoms. The number of rotatable bonds is 4. The summed E-state index contributed by atoms with van der Waals surface area (Å²) in [7, 11) is 1.80. The summed E-state index contributed by atoms with van der Waals surface area (Å²) in [6.45, 7) is 2.11. The van der Waals surface area contributed by atoms with Gasteiger partial charge in [-0.1, -0.05) is 6.92 Å². The number of nitrogens with one attached hydrogen (secondary N) is 1. The van der Waals surface area contributed by atoms with Crippen molar-refractivity contribution in [3.8, 4) is 0 Å². The van der Waals surface area contributed by atoms with E-state index < -0.39 is 0 Å². The minimum Gasteiger partial charge on any atom is -0.381 e. The summed E-state index contributed by atoms with van der Waals surface area (Å²) in [5.41, 5.74) is 1.09. The number of methoxy groups -OCH3 is 1. The molecule has 94 valence electrons. The van der Waals surface area contributed by atoms with Crippen molar-refractivity contribution in [1.82, 2.24) is 9.97 Å². The van der Waals surface area contributed by atoms with Gasteiger partial charge in [0.15, 0.2) is 0 Å². The second-order valence-electron chi connectivity index (χ2n) is 4.60. The van der Waals surface area contributed by atoms with Gasteiger partial charge in [-0.2, -0.15) is 0 Å². The maximum Gasteiger partial charge on any atom is 0.129 e. The molecule has 1 heterocycles. The van der Waals surface area contributed by atoms with Crippen LogP contribution in [0.15, 0.2) is 12.4 Å². The smallest absolute Gasteiger partial charge is 0.129 e. The molecule has 1 N–H and O–H groups in total. The summed E-state index contributed by atoms with van der Waals surface area (Å²) in [5, 5.41) is 3.49. The van der Waals surface area contributed by atoms with Crippen molar-refractivity contribution in [3.05, 3.63) is 18.1 Å². The highest BCUT2D eigenvalue weighted by Crippen LogP contribution is 2.23. The van der Waals surface area contributed by atoms with E-state index in [2.05, 4.69) is 22.2 Å². The third-order valence-corrected chi connectivity index (χ3v) is 3.45. The first-order valence-corrected chi connectivity index (χ1v) is 6.42. The van der Waals surface area contributed by atoms with Crippen molar-refractivity contribution in [1.29, 1.82) is 0 Å². The summed E-state index contributed by atoms with van der Waals surface area (Å²) in [5.74, 6) is 0.956. The van der Waals surface area contributed by atoms with Gasteiger partial charge < -0.3 is 10.1 Å². The maximum absolute atomic E-state index is 5.37. The standard InChI is InChI=1S/C13H21N3O/c1-3-10-8-13(15-9-14-10)16-11-4-6-12(17-2)7-5-11/h8-9,11-12H,3-7H2,1-2H3,(H,14,15,16). The van der Waals surface area contributed by atoms with Gasteiger partial charge in [0.05, 0.1) is 6.10 Å². The van der Waals surface area contributed by atoms with Crippen molar-refractivity contribution >= 4 is 5.82 Å². The molecular weight excluding hydrogens is 214 g/mol. The highest BCUT2D eigenvalue weighted by molar-refractivity contribution is 5.36. The lowest BCUT2D eigenvalue weighted by atomic mass is 9.93. The van der Waals surface area contributed by atoms with Crippen LogP contribution in [0.25, 0.3) is 0 Å². The molecule has 0 bridgehead atoms. The van der Waals surface area contributed by atoms with E-state index in [1.807, 2.05) is 6.07 Å². The fourth-order valence-electron chi connectivity index (χ4n) is 2.32. The lowest BCUT2D eigenvalue weighted by molar-refractivity contribution is 0.0681. The number of anilines is 1. The Labute approximate surface area is 103 Å². The van der Waals surface area contributed by atoms with Crippen molar-refractivity contribution in [3.63, 3.8) is 0 Å². The molecule has 17 heavy (non-hydrogen) atoms. The number of aromatic nitrogens is 2. The van der Waals surface area contributed by atoms with E-state index in [-0.39, 0.29) is 0 Å². The molecule has 0 aromatic carbocycles. The lowest BCUT2D eigenvalue weighted by Gasteiger charge is -2.28. The molecule has 2 rings (SSSR count). The zero-order valence-corrected chi connectivity index (χ0v) is 10.6. The van der Waals surface area contributed by atoms with Crippen molar-refractivity contribution < 1.29 is 4.74 Å². The van der Waals surface area contributed by atoms with Crippen LogP contribution in [0.3, 0.4) is 0 Å². The van der Waals surface area contributed by atoms with E-state index in [9.17, 15) is 0 Å². The molecule has 1 fully saturated rings. The van der Waals surface area contributed by atoms with Crippen LogP contribution in [-0.2, 0) is 11.2 Å². The highest BCUT2D eigenvalue weighted by Gasteiger charge is 2.20. The molecule has 0 saturated heterocycles. The molecule has 0 atom stereocenters. The van der Waals surface area contributed by atoms with Gasteiger partial charge in [0.1, 0.15) is 12.1 Å². The zero-order chi connectivity index (χ0) is 12.1. The first-order chi connectivity index (χ1) is 8.31. The van der Waals surface area contributed by atoms with Crippen LogP contribution < -0.4 is 5.32 Å². The SMILES string of the molecule is CCc1cc(NC2CCC(OC)CC2)ncn1. The predicted molar refractivity (Wildman–Crippen MR) is 68.1 cm³/mol. The van der Waals surface area contributed by atoms with Gasteiger partial charge in [0.25, 0.3) is 0 Å². The molecule has 0 spiro atoms. The van der Waals surface area contributed by atoms with Crippen molar-refractivity contribution in [2.45, 2.75) is 51.2 Å². The minimum absolute atomic E-state index is 0.449. The minimum atomic E-state index is 0.449. The molecule has 1 saturated carbocycles. The van der Waals surface area contributed by atoms with Crippen LogP contribution in [0.2, 0.25) is 0 Å². The molecule has 1 aromatic rings. The fraction of sp³-hybridized carbons (Fsp3) is 0.692. The van der Waals surface area contributed by atoms with Gasteiger partial charge in [0, 0.05) is 24.9 Å². The molecule has 1 aliphatic rings. The monoisotopic (exact) mass is 235 g/mol. The average Bonchev–Trinajstić information content (AvgIpc) is 2.40. The van der Waals surface area contributed by atoms with Gasteiger partial charge in [-0.05, 0) is 32.1 Å². The van der Waals surface area contributed by atoms with Crippen LogP contribution in [0.4, 0.5) is 5.82 Å². The molecule has 0 amide bonds. The molecule has 0 radical (unpaired) electrons. The molecular formula is C13H21N3O. The Kier molecular flexibility index (Phi) is 4.31. The van der Waals surface area contributed by atoms with Gasteiger partial charge >= 0.3 is 0 Å². The number of hydrogen-bond acceptors (Lipinski definition) is 4. The largest absolute Gasteiger partial charge is 0.381 e. The number of hydrogen-bond donors (Lipinski definition) is 1. The van der Waals surface area contributed by atoms with E-state index in [1.54, 1.807) is 13.4 Å². The lowest BCUT2D eigenvalue weighted by Crippen LogP contribution is -2.29. The Bertz CT molecular complexity index is 348. The summed E-state index contributed by atoms with van der Waals surface area (Å²) < 4.78 is 5.37. The topological polar surface area (TPSA) is 47.0 Å². The number of nitrogens with zero attached hydrogens (tertiary/aromatic N) is 2. The van der Waals surface area contributed by atoms with Gasteiger partial charge in [-0.15, -0.1) is 0 Å². The van der Waals surface area contributed by atoms with Crippen LogP contribution in [-0.4, -0.2) is 29.2 Å². The third kappa shape index (κ3) is 3.40. The quantitative estimate of drug-likeness (QED) is 0.870. The van der Waals surface area contributed by atoms with E-state index in [1.165, 1.54) is 0 Å². The summed E-state index contributed by atoms with van der Waals surface area (Å²) in [6, 6.07) is 2.57. The van der Waals surface area contributed by atoms with Crippen molar-refractivity contribution in [2.75, 3.05) is 12.4 Å². The predicted octanol–water partition coefficient (Wildman–Crippen LogP) is 2.41. The van der Waals surface area contributed by atoms with E-state index >= 15 is 0 Å². The van der Waals surface area contributed by atoms with Crippen LogP contribution >= 0.6 is 0 Å². The second-order valence-corrected chi connectivity index (χ2v) is 4.60. The first-order valence-electron chi connectivity index (χ1n) is 6.42. The summed E-state index contributed by atoms with van der Waals surface area (Å²) in [6.07, 6.45) is 7.63. The highest BCUT2D eigenvalue weighted by atomic mass is 16.5. The first kappa shape index (κ1) is 12.3.